The van der Waals surface area contributed by atoms with Crippen molar-refractivity contribution in [2.45, 2.75) is 26.3 Å². The highest BCUT2D eigenvalue weighted by Gasteiger charge is 2.22. The maximum atomic E-state index is 6.07. The smallest absolute Gasteiger partial charge is 0.131 e. The molecule has 0 amide bonds. The van der Waals surface area contributed by atoms with Gasteiger partial charge in [0, 0.05) is 44.5 Å². The van der Waals surface area contributed by atoms with E-state index >= 15 is 0 Å². The Morgan fingerprint density at radius 2 is 1.94 bits per heavy atom. The second kappa shape index (κ2) is 5.24. The number of nitrogens with zero attached hydrogens (tertiary/aromatic N) is 3. The van der Waals surface area contributed by atoms with E-state index in [-0.39, 0.29) is 5.54 Å². The topological polar surface area (TPSA) is 45.4 Å². The minimum atomic E-state index is -0.108. The first-order valence-corrected chi connectivity index (χ1v) is 6.63. The minimum absolute atomic E-state index is 0.108. The van der Waals surface area contributed by atoms with E-state index in [0.29, 0.717) is 0 Å². The van der Waals surface area contributed by atoms with Crippen LogP contribution < -0.4 is 10.6 Å². The monoisotopic (exact) mass is 248 g/mol. The van der Waals surface area contributed by atoms with Gasteiger partial charge in [-0.3, -0.25) is 4.90 Å². The lowest BCUT2D eigenvalue weighted by Crippen LogP contribution is -2.53. The molecule has 2 heterocycles. The van der Waals surface area contributed by atoms with E-state index in [0.717, 1.165) is 38.5 Å². The average molecular weight is 248 g/mol. The fraction of sp³-hybridized carbons (Fsp3) is 0.643. The molecule has 18 heavy (non-hydrogen) atoms. The van der Waals surface area contributed by atoms with E-state index in [1.807, 2.05) is 12.3 Å². The SMILES string of the molecule is Cc1cccnc1N1CCN(CC(C)(C)N)CC1. The van der Waals surface area contributed by atoms with Crippen molar-refractivity contribution in [1.29, 1.82) is 0 Å². The number of aryl methyl sites for hydroxylation is 1. The fourth-order valence-electron chi connectivity index (χ4n) is 2.50. The molecule has 0 aromatic carbocycles. The van der Waals surface area contributed by atoms with Crippen LogP contribution in [0.2, 0.25) is 0 Å². The number of aromatic nitrogens is 1. The van der Waals surface area contributed by atoms with Crippen LogP contribution in [0.15, 0.2) is 18.3 Å². The summed E-state index contributed by atoms with van der Waals surface area (Å²) < 4.78 is 0. The van der Waals surface area contributed by atoms with Crippen LogP contribution in [0.25, 0.3) is 0 Å². The lowest BCUT2D eigenvalue weighted by atomic mass is 10.1. The maximum Gasteiger partial charge on any atom is 0.131 e. The molecular weight excluding hydrogens is 224 g/mol. The van der Waals surface area contributed by atoms with Crippen LogP contribution in [0.5, 0.6) is 0 Å². The molecule has 1 fully saturated rings. The van der Waals surface area contributed by atoms with Crippen LogP contribution >= 0.6 is 0 Å². The Bertz CT molecular complexity index is 389. The molecule has 2 rings (SSSR count). The van der Waals surface area contributed by atoms with E-state index in [2.05, 4.69) is 41.6 Å². The second-order valence-corrected chi connectivity index (χ2v) is 5.90. The number of nitrogens with two attached hydrogens (primary N) is 1. The number of anilines is 1. The zero-order chi connectivity index (χ0) is 13.2. The van der Waals surface area contributed by atoms with Crippen molar-refractivity contribution in [3.63, 3.8) is 0 Å². The number of rotatable bonds is 3. The third-order valence-electron chi connectivity index (χ3n) is 3.28. The average Bonchev–Trinajstić information content (AvgIpc) is 2.29. The van der Waals surface area contributed by atoms with Gasteiger partial charge in [-0.05, 0) is 32.4 Å². The normalized spacial score (nSPS) is 18.1. The van der Waals surface area contributed by atoms with Crippen molar-refractivity contribution < 1.29 is 0 Å². The summed E-state index contributed by atoms with van der Waals surface area (Å²) in [5.74, 6) is 1.13. The van der Waals surface area contributed by atoms with E-state index in [9.17, 15) is 0 Å². The third kappa shape index (κ3) is 3.43. The number of piperazine rings is 1. The van der Waals surface area contributed by atoms with E-state index in [4.69, 9.17) is 5.73 Å². The lowest BCUT2D eigenvalue weighted by molar-refractivity contribution is 0.214. The molecule has 2 N–H and O–H groups in total. The highest BCUT2D eigenvalue weighted by atomic mass is 15.3. The molecule has 1 aromatic rings. The molecule has 1 aromatic heterocycles. The fourth-order valence-corrected chi connectivity index (χ4v) is 2.50. The first-order chi connectivity index (χ1) is 8.46. The van der Waals surface area contributed by atoms with Crippen molar-refractivity contribution in [3.05, 3.63) is 23.9 Å². The highest BCUT2D eigenvalue weighted by Crippen LogP contribution is 2.18. The quantitative estimate of drug-likeness (QED) is 0.874. The van der Waals surface area contributed by atoms with Gasteiger partial charge in [-0.1, -0.05) is 6.07 Å². The summed E-state index contributed by atoms with van der Waals surface area (Å²) in [6, 6.07) is 4.11. The van der Waals surface area contributed by atoms with Gasteiger partial charge in [0.05, 0.1) is 0 Å². The first-order valence-electron chi connectivity index (χ1n) is 6.63. The summed E-state index contributed by atoms with van der Waals surface area (Å²) >= 11 is 0. The van der Waals surface area contributed by atoms with Gasteiger partial charge in [-0.25, -0.2) is 4.98 Å². The minimum Gasteiger partial charge on any atom is -0.354 e. The Labute approximate surface area is 110 Å². The Hall–Kier alpha value is -1.13. The van der Waals surface area contributed by atoms with Crippen molar-refractivity contribution in [3.8, 4) is 0 Å². The Balaban J connectivity index is 1.93. The van der Waals surface area contributed by atoms with Crippen LogP contribution in [-0.4, -0.2) is 48.1 Å². The molecule has 1 saturated heterocycles. The Morgan fingerprint density at radius 1 is 1.28 bits per heavy atom. The van der Waals surface area contributed by atoms with Gasteiger partial charge in [-0.15, -0.1) is 0 Å². The van der Waals surface area contributed by atoms with Crippen LogP contribution in [0, 0.1) is 6.92 Å². The molecule has 4 nitrogen and oxygen atoms in total. The maximum absolute atomic E-state index is 6.07. The van der Waals surface area contributed by atoms with Gasteiger partial charge < -0.3 is 10.6 Å². The predicted octanol–water partition coefficient (Wildman–Crippen LogP) is 1.25. The molecule has 1 aliphatic heterocycles. The molecule has 0 spiro atoms. The molecule has 0 aliphatic carbocycles. The van der Waals surface area contributed by atoms with Gasteiger partial charge in [0.2, 0.25) is 0 Å². The predicted molar refractivity (Wildman–Crippen MR) is 75.9 cm³/mol. The zero-order valence-electron chi connectivity index (χ0n) is 11.7. The van der Waals surface area contributed by atoms with Crippen molar-refractivity contribution in [1.82, 2.24) is 9.88 Å². The summed E-state index contributed by atoms with van der Waals surface area (Å²) in [6.07, 6.45) is 1.87. The van der Waals surface area contributed by atoms with Gasteiger partial charge in [-0.2, -0.15) is 0 Å². The molecule has 0 atom stereocenters. The van der Waals surface area contributed by atoms with E-state index in [1.54, 1.807) is 0 Å². The summed E-state index contributed by atoms with van der Waals surface area (Å²) in [7, 11) is 0. The first kappa shape index (κ1) is 13.3. The largest absolute Gasteiger partial charge is 0.354 e. The molecule has 0 bridgehead atoms. The van der Waals surface area contributed by atoms with Gasteiger partial charge in [0.15, 0.2) is 0 Å². The Morgan fingerprint density at radius 3 is 2.50 bits per heavy atom. The standard InChI is InChI=1S/C14H24N4/c1-12-5-4-6-16-13(12)18-9-7-17(8-10-18)11-14(2,3)15/h4-6H,7-11,15H2,1-3H3. The van der Waals surface area contributed by atoms with E-state index in [1.165, 1.54) is 5.56 Å². The Kier molecular flexibility index (Phi) is 3.88. The van der Waals surface area contributed by atoms with Crippen molar-refractivity contribution in [2.75, 3.05) is 37.6 Å². The van der Waals surface area contributed by atoms with Crippen LogP contribution in [-0.2, 0) is 0 Å². The molecule has 0 saturated carbocycles. The molecule has 1 aliphatic rings. The second-order valence-electron chi connectivity index (χ2n) is 5.90. The van der Waals surface area contributed by atoms with Crippen LogP contribution in [0.1, 0.15) is 19.4 Å². The summed E-state index contributed by atoms with van der Waals surface area (Å²) in [5, 5.41) is 0. The van der Waals surface area contributed by atoms with E-state index < -0.39 is 0 Å². The molecule has 0 radical (unpaired) electrons. The number of pyridine rings is 1. The molecule has 4 heteroatoms. The van der Waals surface area contributed by atoms with Crippen LogP contribution in [0.4, 0.5) is 5.82 Å². The van der Waals surface area contributed by atoms with Gasteiger partial charge in [0.25, 0.3) is 0 Å². The van der Waals surface area contributed by atoms with Crippen LogP contribution in [0.3, 0.4) is 0 Å². The zero-order valence-corrected chi connectivity index (χ0v) is 11.7. The van der Waals surface area contributed by atoms with Crippen molar-refractivity contribution >= 4 is 5.82 Å². The molecule has 100 valence electrons. The number of hydrogen-bond donors (Lipinski definition) is 1. The lowest BCUT2D eigenvalue weighted by Gasteiger charge is -2.38. The summed E-state index contributed by atoms with van der Waals surface area (Å²) in [6.45, 7) is 11.5. The number of hydrogen-bond acceptors (Lipinski definition) is 4. The molecular formula is C14H24N4. The highest BCUT2D eigenvalue weighted by molar-refractivity contribution is 5.46. The van der Waals surface area contributed by atoms with Gasteiger partial charge >= 0.3 is 0 Å². The summed E-state index contributed by atoms with van der Waals surface area (Å²) in [4.78, 5) is 9.29. The summed E-state index contributed by atoms with van der Waals surface area (Å²) in [5.41, 5.74) is 7.22. The van der Waals surface area contributed by atoms with Crippen molar-refractivity contribution in [2.24, 2.45) is 5.73 Å². The third-order valence-corrected chi connectivity index (χ3v) is 3.28. The molecule has 0 unspecified atom stereocenters. The van der Waals surface area contributed by atoms with Gasteiger partial charge in [0.1, 0.15) is 5.82 Å².